The smallest absolute Gasteiger partial charge is 0.312 e. The highest BCUT2D eigenvalue weighted by atomic mass is 16.1. The van der Waals surface area contributed by atoms with Gasteiger partial charge in [0.1, 0.15) is 18.3 Å². The third kappa shape index (κ3) is 2.75. The first kappa shape index (κ1) is 16.6. The summed E-state index contributed by atoms with van der Waals surface area (Å²) in [6, 6.07) is 10.9. The van der Waals surface area contributed by atoms with Crippen LogP contribution in [0.3, 0.4) is 0 Å². The molecule has 134 valence electrons. The minimum Gasteiger partial charge on any atom is -0.312 e. The summed E-state index contributed by atoms with van der Waals surface area (Å²) in [5, 5.41) is 5.75. The number of carbonyl (C=O) groups is 1. The first-order valence-electron chi connectivity index (χ1n) is 8.37. The van der Waals surface area contributed by atoms with Crippen LogP contribution in [0.15, 0.2) is 35.5 Å². The van der Waals surface area contributed by atoms with E-state index in [2.05, 4.69) is 37.7 Å². The Morgan fingerprint density at radius 2 is 2.00 bits per heavy atom. The van der Waals surface area contributed by atoms with E-state index in [9.17, 15) is 9.59 Å². The van der Waals surface area contributed by atoms with Crippen LogP contribution in [0.2, 0.25) is 0 Å². The van der Waals surface area contributed by atoms with Crippen molar-refractivity contribution in [3.05, 3.63) is 52.3 Å². The Hall–Kier alpha value is -3.86. The van der Waals surface area contributed by atoms with Gasteiger partial charge in [-0.3, -0.25) is 10.1 Å². The van der Waals surface area contributed by atoms with Gasteiger partial charge < -0.3 is 10.3 Å². The maximum absolute atomic E-state index is 12.5. The van der Waals surface area contributed by atoms with Gasteiger partial charge in [-0.2, -0.15) is 0 Å². The van der Waals surface area contributed by atoms with Gasteiger partial charge in [-0.1, -0.05) is 26.0 Å². The molecular formula is C19H16N6O2. The molecule has 2 aromatic heterocycles. The van der Waals surface area contributed by atoms with Crippen molar-refractivity contribution in [2.24, 2.45) is 0 Å². The standard InChI is InChI=1S/C19H16N6O2/c1-11(2)14-7-12(3-4-13(14)9-26)15-8-22-19(27)25(15)18-16-17(23-10-24-18)21-6-5-20-16/h3-4,7-11,20H,1-2H3,(H,22,27)(H,21,23,24). The lowest BCUT2D eigenvalue weighted by Crippen LogP contribution is -2.20. The summed E-state index contributed by atoms with van der Waals surface area (Å²) < 4.78 is 1.46. The lowest BCUT2D eigenvalue weighted by Gasteiger charge is -2.16. The molecule has 0 saturated carbocycles. The first-order valence-corrected chi connectivity index (χ1v) is 8.37. The van der Waals surface area contributed by atoms with Crippen LogP contribution in [0.5, 0.6) is 0 Å². The molecule has 8 heteroatoms. The number of hydrogen-bond donors (Lipinski definition) is 3. The van der Waals surface area contributed by atoms with Gasteiger partial charge in [0.15, 0.2) is 11.6 Å². The Balaban J connectivity index is 1.92. The minimum atomic E-state index is -0.336. The number of aromatic nitrogens is 4. The Morgan fingerprint density at radius 3 is 2.78 bits per heavy atom. The Kier molecular flexibility index (Phi) is 3.97. The molecule has 1 aliphatic rings. The van der Waals surface area contributed by atoms with Gasteiger partial charge in [-0.05, 0) is 17.5 Å². The zero-order valence-electron chi connectivity index (χ0n) is 14.7. The molecule has 0 bridgehead atoms. The van der Waals surface area contributed by atoms with Crippen LogP contribution < -0.4 is 16.3 Å². The number of aldehydes is 1. The summed E-state index contributed by atoms with van der Waals surface area (Å²) in [6.07, 6.45) is 3.84. The van der Waals surface area contributed by atoms with Crippen molar-refractivity contribution >= 4 is 17.8 Å². The molecule has 0 radical (unpaired) electrons. The number of aromatic amines is 1. The SMILES string of the molecule is CC(C)c1cc(-c2c[nH]c(=O)n2-c2ncnc3c2NC#CN3)ccc1C=O. The summed E-state index contributed by atoms with van der Waals surface area (Å²) in [5.41, 5.74) is 3.16. The third-order valence-electron chi connectivity index (χ3n) is 4.38. The van der Waals surface area contributed by atoms with E-state index in [0.717, 1.165) is 17.4 Å². The Labute approximate surface area is 154 Å². The average molecular weight is 360 g/mol. The number of anilines is 2. The fourth-order valence-corrected chi connectivity index (χ4v) is 3.07. The summed E-state index contributed by atoms with van der Waals surface area (Å²) >= 11 is 0. The number of H-pyrrole nitrogens is 1. The molecule has 3 N–H and O–H groups in total. The van der Waals surface area contributed by atoms with E-state index < -0.39 is 0 Å². The predicted molar refractivity (Wildman–Crippen MR) is 102 cm³/mol. The molecule has 3 heterocycles. The van der Waals surface area contributed by atoms with Crippen LogP contribution in [0.25, 0.3) is 17.1 Å². The maximum Gasteiger partial charge on any atom is 0.331 e. The number of hydrogen-bond acceptors (Lipinski definition) is 6. The second kappa shape index (κ2) is 6.46. The highest BCUT2D eigenvalue weighted by molar-refractivity contribution is 5.81. The van der Waals surface area contributed by atoms with Crippen molar-refractivity contribution < 1.29 is 4.79 Å². The topological polar surface area (TPSA) is 105 Å². The molecular weight excluding hydrogens is 344 g/mol. The fraction of sp³-hybridized carbons (Fsp3) is 0.158. The van der Waals surface area contributed by atoms with Crippen LogP contribution >= 0.6 is 0 Å². The highest BCUT2D eigenvalue weighted by Gasteiger charge is 2.20. The van der Waals surface area contributed by atoms with Crippen molar-refractivity contribution in [2.75, 3.05) is 10.6 Å². The maximum atomic E-state index is 12.5. The molecule has 0 aliphatic carbocycles. The van der Waals surface area contributed by atoms with Gasteiger partial charge in [-0.25, -0.2) is 19.3 Å². The van der Waals surface area contributed by atoms with Crippen molar-refractivity contribution in [1.29, 1.82) is 0 Å². The quantitative estimate of drug-likeness (QED) is 0.487. The lowest BCUT2D eigenvalue weighted by atomic mass is 9.95. The summed E-state index contributed by atoms with van der Waals surface area (Å²) in [6.45, 7) is 4.04. The van der Waals surface area contributed by atoms with Gasteiger partial charge in [0.2, 0.25) is 0 Å². The fourth-order valence-electron chi connectivity index (χ4n) is 3.07. The molecule has 4 rings (SSSR count). The number of nitrogens with one attached hydrogen (secondary N) is 3. The molecule has 0 unspecified atom stereocenters. The molecule has 1 aliphatic heterocycles. The molecule has 0 atom stereocenters. The van der Waals surface area contributed by atoms with Crippen LogP contribution in [-0.2, 0) is 0 Å². The van der Waals surface area contributed by atoms with Crippen molar-refractivity contribution in [3.8, 4) is 29.2 Å². The average Bonchev–Trinajstić information content (AvgIpc) is 3.08. The summed E-state index contributed by atoms with van der Waals surface area (Å²) in [4.78, 5) is 35.0. The van der Waals surface area contributed by atoms with Crippen LogP contribution in [0.1, 0.15) is 35.7 Å². The number of nitrogens with zero attached hydrogens (tertiary/aromatic N) is 3. The minimum absolute atomic E-state index is 0.164. The number of carbonyl (C=O) groups excluding carboxylic acids is 1. The first-order chi connectivity index (χ1) is 13.1. The molecule has 0 fully saturated rings. The number of fused-ring (bicyclic) bond motifs is 1. The van der Waals surface area contributed by atoms with E-state index in [-0.39, 0.29) is 11.6 Å². The highest BCUT2D eigenvalue weighted by Crippen LogP contribution is 2.30. The molecule has 1 aromatic carbocycles. The van der Waals surface area contributed by atoms with Crippen molar-refractivity contribution in [1.82, 2.24) is 19.5 Å². The summed E-state index contributed by atoms with van der Waals surface area (Å²) in [7, 11) is 0. The van der Waals surface area contributed by atoms with E-state index in [1.807, 2.05) is 26.0 Å². The Morgan fingerprint density at radius 1 is 1.19 bits per heavy atom. The van der Waals surface area contributed by atoms with Gasteiger partial charge in [0, 0.05) is 29.4 Å². The number of benzene rings is 1. The van der Waals surface area contributed by atoms with Gasteiger partial charge >= 0.3 is 5.69 Å². The zero-order valence-corrected chi connectivity index (χ0v) is 14.7. The van der Waals surface area contributed by atoms with Gasteiger partial charge in [0.25, 0.3) is 0 Å². The molecule has 0 spiro atoms. The molecule has 3 aromatic rings. The number of rotatable bonds is 4. The third-order valence-corrected chi connectivity index (χ3v) is 4.38. The second-order valence-corrected chi connectivity index (χ2v) is 6.35. The van der Waals surface area contributed by atoms with E-state index in [1.54, 1.807) is 12.3 Å². The molecule has 8 nitrogen and oxygen atoms in total. The van der Waals surface area contributed by atoms with Crippen molar-refractivity contribution in [3.63, 3.8) is 0 Å². The lowest BCUT2D eigenvalue weighted by molar-refractivity contribution is 0.112. The van der Waals surface area contributed by atoms with E-state index in [4.69, 9.17) is 0 Å². The number of imidazole rings is 1. The normalized spacial score (nSPS) is 11.8. The van der Waals surface area contributed by atoms with E-state index in [1.165, 1.54) is 10.9 Å². The second-order valence-electron chi connectivity index (χ2n) is 6.35. The zero-order chi connectivity index (χ0) is 19.0. The molecule has 0 amide bonds. The van der Waals surface area contributed by atoms with E-state index in [0.29, 0.717) is 28.6 Å². The summed E-state index contributed by atoms with van der Waals surface area (Å²) in [5.74, 6) is 1.04. The van der Waals surface area contributed by atoms with Gasteiger partial charge in [-0.15, -0.1) is 0 Å². The monoisotopic (exact) mass is 360 g/mol. The molecule has 0 saturated heterocycles. The van der Waals surface area contributed by atoms with Crippen LogP contribution in [-0.4, -0.2) is 25.8 Å². The Bertz CT molecular complexity index is 1160. The van der Waals surface area contributed by atoms with E-state index >= 15 is 0 Å². The van der Waals surface area contributed by atoms with Crippen LogP contribution in [0, 0.1) is 12.1 Å². The van der Waals surface area contributed by atoms with Crippen LogP contribution in [0.4, 0.5) is 11.5 Å². The van der Waals surface area contributed by atoms with Crippen molar-refractivity contribution in [2.45, 2.75) is 19.8 Å². The largest absolute Gasteiger partial charge is 0.331 e. The molecule has 27 heavy (non-hydrogen) atoms. The predicted octanol–water partition coefficient (Wildman–Crippen LogP) is 2.31. The van der Waals surface area contributed by atoms with Gasteiger partial charge in [0.05, 0.1) is 5.69 Å².